The van der Waals surface area contributed by atoms with Crippen LogP contribution in [0, 0.1) is 5.92 Å². The van der Waals surface area contributed by atoms with Crippen molar-refractivity contribution in [3.63, 3.8) is 0 Å². The highest BCUT2D eigenvalue weighted by Gasteiger charge is 2.41. The minimum Gasteiger partial charge on any atom is -0.439 e. The van der Waals surface area contributed by atoms with Gasteiger partial charge in [-0.3, -0.25) is 0 Å². The van der Waals surface area contributed by atoms with E-state index in [1.165, 1.54) is 0 Å². The Labute approximate surface area is 249 Å². The van der Waals surface area contributed by atoms with Crippen molar-refractivity contribution in [3.05, 3.63) is 0 Å². The molecule has 0 aliphatic carbocycles. The van der Waals surface area contributed by atoms with E-state index in [1.54, 1.807) is 7.11 Å². The molecule has 0 aliphatic rings. The maximum Gasteiger partial charge on any atom is 0.314 e. The minimum atomic E-state index is -2.20. The third-order valence-corrected chi connectivity index (χ3v) is 22.5. The molecule has 0 saturated heterocycles. The van der Waals surface area contributed by atoms with E-state index < -0.39 is 51.1 Å². The molecule has 1 unspecified atom stereocenters. The predicted molar refractivity (Wildman–Crippen MR) is 181 cm³/mol. The fourth-order valence-electron chi connectivity index (χ4n) is 3.98. The largest absolute Gasteiger partial charge is 0.439 e. The monoisotopic (exact) mass is 662 g/mol. The standard InChI is InChI=1S/C18H44O6Si3.C7H22O2Si3/c1-18(16-22-15-14-21-13-12-20-11-10-19-2)17-27(9,23-25(3,4)5)24-26(6,7)8;1-10(8-11(2,3)4)9-12(5,6)7/h18H,10-17H2,1-9H3;10H,1-7H3. The second-order valence-corrected chi connectivity index (χ2v) is 38.4. The number of ether oxygens (including phenoxy) is 4. The number of rotatable bonds is 21. The highest BCUT2D eigenvalue weighted by atomic mass is 28.5. The van der Waals surface area contributed by atoms with Gasteiger partial charge in [-0.05, 0) is 104 Å². The summed E-state index contributed by atoms with van der Waals surface area (Å²) in [6.45, 7) is 37.6. The van der Waals surface area contributed by atoms with E-state index in [0.717, 1.165) is 6.04 Å². The van der Waals surface area contributed by atoms with Gasteiger partial charge in [-0.2, -0.15) is 0 Å². The fourth-order valence-corrected chi connectivity index (χ4v) is 25.5. The molecule has 8 nitrogen and oxygen atoms in total. The normalized spacial score (nSPS) is 14.4. The molecule has 238 valence electrons. The van der Waals surface area contributed by atoms with Crippen molar-refractivity contribution in [3.8, 4) is 0 Å². The molecule has 0 N–H and O–H groups in total. The van der Waals surface area contributed by atoms with Gasteiger partial charge in [0.25, 0.3) is 9.28 Å². The molecule has 39 heavy (non-hydrogen) atoms. The van der Waals surface area contributed by atoms with Crippen molar-refractivity contribution < 1.29 is 35.4 Å². The Kier molecular flexibility index (Phi) is 21.6. The van der Waals surface area contributed by atoms with Gasteiger partial charge in [0.1, 0.15) is 0 Å². The Morgan fingerprint density at radius 2 is 0.897 bits per heavy atom. The summed E-state index contributed by atoms with van der Waals surface area (Å²) in [5.41, 5.74) is 0. The molecule has 0 aromatic carbocycles. The molecule has 0 aromatic rings. The lowest BCUT2D eigenvalue weighted by molar-refractivity contribution is -0.0000503. The number of hydrogen-bond acceptors (Lipinski definition) is 8. The van der Waals surface area contributed by atoms with Crippen molar-refractivity contribution in [1.29, 1.82) is 0 Å². The summed E-state index contributed by atoms with van der Waals surface area (Å²) in [4.78, 5) is 0. The first-order chi connectivity index (χ1) is 17.5. The van der Waals surface area contributed by atoms with Crippen LogP contribution in [0.25, 0.3) is 0 Å². The lowest BCUT2D eigenvalue weighted by Gasteiger charge is -2.39. The Morgan fingerprint density at radius 1 is 0.538 bits per heavy atom. The Bertz CT molecular complexity index is 571. The van der Waals surface area contributed by atoms with Crippen LogP contribution in [0.15, 0.2) is 0 Å². The van der Waals surface area contributed by atoms with E-state index in [4.69, 9.17) is 35.4 Å². The van der Waals surface area contributed by atoms with Crippen molar-refractivity contribution in [1.82, 2.24) is 0 Å². The summed E-state index contributed by atoms with van der Waals surface area (Å²) in [7, 11) is -7.87. The van der Waals surface area contributed by atoms with Crippen LogP contribution in [0.2, 0.25) is 97.7 Å². The van der Waals surface area contributed by atoms with E-state index in [9.17, 15) is 0 Å². The second-order valence-electron chi connectivity index (χ2n) is 14.2. The summed E-state index contributed by atoms with van der Waals surface area (Å²) >= 11 is 0. The molecule has 14 heteroatoms. The van der Waals surface area contributed by atoms with Gasteiger partial charge < -0.3 is 35.4 Å². The van der Waals surface area contributed by atoms with E-state index in [1.807, 2.05) is 0 Å². The zero-order valence-electron chi connectivity index (χ0n) is 28.6. The van der Waals surface area contributed by atoms with Crippen LogP contribution in [0.3, 0.4) is 0 Å². The lowest BCUT2D eigenvalue weighted by atomic mass is 10.2. The smallest absolute Gasteiger partial charge is 0.314 e. The molecule has 0 bridgehead atoms. The zero-order chi connectivity index (χ0) is 31.0. The highest BCUT2D eigenvalue weighted by molar-refractivity contribution is 6.87. The van der Waals surface area contributed by atoms with Crippen molar-refractivity contribution in [2.75, 3.05) is 53.4 Å². The Morgan fingerprint density at radius 3 is 1.23 bits per heavy atom. The summed E-state index contributed by atoms with van der Waals surface area (Å²) < 4.78 is 46.5. The highest BCUT2D eigenvalue weighted by Crippen LogP contribution is 2.27. The van der Waals surface area contributed by atoms with Crippen LogP contribution in [0.4, 0.5) is 0 Å². The van der Waals surface area contributed by atoms with Crippen molar-refractivity contribution >= 4 is 51.1 Å². The first kappa shape index (κ1) is 42.1. The van der Waals surface area contributed by atoms with Crippen LogP contribution in [0.5, 0.6) is 0 Å². The molecule has 1 atom stereocenters. The molecule has 0 aliphatic heterocycles. The molecular formula is C25H66O8Si6. The van der Waals surface area contributed by atoms with E-state index >= 15 is 0 Å². The molecule has 0 heterocycles. The Balaban J connectivity index is 0. The Hall–Kier alpha value is 0.981. The van der Waals surface area contributed by atoms with Gasteiger partial charge in [0.2, 0.25) is 0 Å². The maximum atomic E-state index is 6.56. The molecule has 0 aromatic heterocycles. The summed E-state index contributed by atoms with van der Waals surface area (Å²) in [5.74, 6) is 0.409. The van der Waals surface area contributed by atoms with E-state index in [0.29, 0.717) is 52.2 Å². The summed E-state index contributed by atoms with van der Waals surface area (Å²) in [6, 6.07) is 0.968. The van der Waals surface area contributed by atoms with Gasteiger partial charge in [-0.1, -0.05) is 6.92 Å². The third kappa shape index (κ3) is 33.4. The van der Waals surface area contributed by atoms with Crippen LogP contribution in [-0.2, 0) is 35.4 Å². The number of hydrogen-bond donors (Lipinski definition) is 0. The predicted octanol–water partition coefficient (Wildman–Crippen LogP) is 6.63. The van der Waals surface area contributed by atoms with Crippen LogP contribution >= 0.6 is 0 Å². The van der Waals surface area contributed by atoms with Crippen molar-refractivity contribution in [2.24, 2.45) is 5.92 Å². The zero-order valence-corrected chi connectivity index (χ0v) is 34.7. The molecule has 0 fully saturated rings. The van der Waals surface area contributed by atoms with Gasteiger partial charge in [0.05, 0.1) is 39.6 Å². The van der Waals surface area contributed by atoms with Crippen molar-refractivity contribution in [2.45, 2.75) is 105 Å². The molecule has 0 radical (unpaired) electrons. The van der Waals surface area contributed by atoms with Crippen LogP contribution in [0.1, 0.15) is 6.92 Å². The minimum absolute atomic E-state index is 0.409. The van der Waals surface area contributed by atoms with E-state index in [2.05, 4.69) is 98.6 Å². The molecule has 0 amide bonds. The molecule has 0 saturated carbocycles. The quantitative estimate of drug-likeness (QED) is 0.100. The number of methoxy groups -OCH3 is 1. The summed E-state index contributed by atoms with van der Waals surface area (Å²) in [6.07, 6.45) is 0. The fraction of sp³-hybridized carbons (Fsp3) is 1.00. The molecular weight excluding hydrogens is 597 g/mol. The average molecular weight is 663 g/mol. The topological polar surface area (TPSA) is 73.8 Å². The van der Waals surface area contributed by atoms with E-state index in [-0.39, 0.29) is 0 Å². The van der Waals surface area contributed by atoms with Gasteiger partial charge in [-0.15, -0.1) is 0 Å². The molecule has 0 rings (SSSR count). The maximum absolute atomic E-state index is 6.56. The third-order valence-electron chi connectivity index (χ3n) is 4.38. The van der Waals surface area contributed by atoms with Gasteiger partial charge in [-0.25, -0.2) is 0 Å². The van der Waals surface area contributed by atoms with Gasteiger partial charge >= 0.3 is 8.56 Å². The second kappa shape index (κ2) is 20.0. The van der Waals surface area contributed by atoms with Crippen LogP contribution < -0.4 is 0 Å². The summed E-state index contributed by atoms with van der Waals surface area (Å²) in [5, 5.41) is 0. The SMILES string of the molecule is COCCOCCOCCOCC(C)C[Si](C)(O[Si](C)(C)C)O[Si](C)(C)C.C[SiH](O[Si](C)(C)C)O[Si](C)(C)C. The van der Waals surface area contributed by atoms with Gasteiger partial charge in [0.15, 0.2) is 33.3 Å². The molecule has 0 spiro atoms. The van der Waals surface area contributed by atoms with Gasteiger partial charge in [0, 0.05) is 13.7 Å². The average Bonchev–Trinajstić information content (AvgIpc) is 2.63. The lowest BCUT2D eigenvalue weighted by Crippen LogP contribution is -2.53. The first-order valence-electron chi connectivity index (χ1n) is 14.4. The van der Waals surface area contributed by atoms with Crippen LogP contribution in [-0.4, -0.2) is 104 Å². The first-order valence-corrected chi connectivity index (χ1v) is 32.7.